The molecule has 1 nitrogen and oxygen atoms in total. The van der Waals surface area contributed by atoms with Gasteiger partial charge in [0.1, 0.15) is 0 Å². The van der Waals surface area contributed by atoms with Crippen molar-refractivity contribution in [3.63, 3.8) is 0 Å². The smallest absolute Gasteiger partial charge is 0.0684 e. The van der Waals surface area contributed by atoms with E-state index in [-0.39, 0.29) is 15.4 Å². The first-order valence-electron chi connectivity index (χ1n) is 7.35. The van der Waals surface area contributed by atoms with Crippen LogP contribution in [0.25, 0.3) is 0 Å². The van der Waals surface area contributed by atoms with E-state index in [9.17, 15) is 5.26 Å². The molecule has 0 bridgehead atoms. The molecular formula is C16H19NS4. The van der Waals surface area contributed by atoms with Gasteiger partial charge in [0.25, 0.3) is 0 Å². The fraction of sp³-hybridized carbons (Fsp3) is 0.625. The number of aryl methyl sites for hydroxylation is 1. The minimum Gasteiger partial charge on any atom is -0.221 e. The summed E-state index contributed by atoms with van der Waals surface area (Å²) in [5.41, 5.74) is -0.287. The Morgan fingerprint density at radius 1 is 1.62 bits per heavy atom. The Balaban J connectivity index is 1.49. The fourth-order valence-corrected chi connectivity index (χ4v) is 12.5. The lowest BCUT2D eigenvalue weighted by Crippen LogP contribution is -2.15. The van der Waals surface area contributed by atoms with E-state index < -0.39 is 0 Å². The molecule has 3 fully saturated rings. The van der Waals surface area contributed by atoms with E-state index in [0.717, 1.165) is 22.2 Å². The Hall–Kier alpha value is -0.0200. The predicted octanol–water partition coefficient (Wildman–Crippen LogP) is 5.05. The van der Waals surface area contributed by atoms with Gasteiger partial charge < -0.3 is 0 Å². The maximum atomic E-state index is 9.36. The van der Waals surface area contributed by atoms with Gasteiger partial charge in [0, 0.05) is 30.8 Å². The zero-order valence-electron chi connectivity index (χ0n) is 12.5. The van der Waals surface area contributed by atoms with Crippen LogP contribution in [0.2, 0.25) is 0 Å². The number of nitrogens with zero attached hydrogens (tertiary/aromatic N) is 1. The molecule has 0 radical (unpaired) electrons. The highest BCUT2D eigenvalue weighted by Crippen LogP contribution is 3.08. The van der Waals surface area contributed by atoms with Crippen LogP contribution in [0.5, 0.6) is 0 Å². The van der Waals surface area contributed by atoms with Crippen molar-refractivity contribution in [2.24, 2.45) is 5.41 Å². The summed E-state index contributed by atoms with van der Waals surface area (Å²) in [6, 6.07) is 6.87. The van der Waals surface area contributed by atoms with Crippen molar-refractivity contribution in [2.45, 2.75) is 48.2 Å². The summed E-state index contributed by atoms with van der Waals surface area (Å²) in [6.07, 6.45) is 0.886. The van der Waals surface area contributed by atoms with Crippen molar-refractivity contribution in [3.8, 4) is 6.07 Å². The van der Waals surface area contributed by atoms with Crippen molar-refractivity contribution in [1.82, 2.24) is 0 Å². The first-order valence-corrected chi connectivity index (χ1v) is 11.4. The van der Waals surface area contributed by atoms with Crippen molar-refractivity contribution in [3.05, 3.63) is 21.9 Å². The summed E-state index contributed by atoms with van der Waals surface area (Å²) in [4.78, 5) is 2.73. The average Bonchev–Trinajstić information content (AvgIpc) is 3.31. The zero-order valence-corrected chi connectivity index (χ0v) is 15.7. The van der Waals surface area contributed by atoms with Gasteiger partial charge in [0.05, 0.1) is 15.7 Å². The Bertz CT molecular complexity index is 670. The molecule has 3 saturated heterocycles. The van der Waals surface area contributed by atoms with E-state index in [2.05, 4.69) is 25.1 Å². The minimum absolute atomic E-state index is 0.119. The van der Waals surface area contributed by atoms with Crippen LogP contribution in [0, 0.1) is 23.7 Å². The second kappa shape index (κ2) is 4.50. The van der Waals surface area contributed by atoms with E-state index in [1.807, 2.05) is 36.9 Å². The van der Waals surface area contributed by atoms with Gasteiger partial charge in [-0.25, -0.2) is 10.0 Å². The van der Waals surface area contributed by atoms with E-state index in [1.54, 1.807) is 0 Å². The lowest BCUT2D eigenvalue weighted by Gasteiger charge is -2.23. The summed E-state index contributed by atoms with van der Waals surface area (Å²) in [7, 11) is -0.119. The first-order chi connectivity index (χ1) is 9.89. The molecule has 5 unspecified atom stereocenters. The van der Waals surface area contributed by atoms with Gasteiger partial charge in [-0.05, 0) is 45.1 Å². The van der Waals surface area contributed by atoms with Crippen LogP contribution in [-0.2, 0) is 0 Å². The van der Waals surface area contributed by atoms with Gasteiger partial charge in [-0.2, -0.15) is 5.26 Å². The van der Waals surface area contributed by atoms with Crippen LogP contribution >= 0.6 is 45.3 Å². The van der Waals surface area contributed by atoms with E-state index in [4.69, 9.17) is 12.2 Å². The molecule has 1 aromatic heterocycles. The van der Waals surface area contributed by atoms with Gasteiger partial charge in [-0.15, -0.1) is 23.1 Å². The summed E-state index contributed by atoms with van der Waals surface area (Å²) in [5.74, 6) is 1.52. The van der Waals surface area contributed by atoms with Crippen LogP contribution in [0.3, 0.4) is 0 Å². The number of rotatable bonds is 5. The van der Waals surface area contributed by atoms with Crippen LogP contribution in [0.4, 0.5) is 0 Å². The third-order valence-electron chi connectivity index (χ3n) is 4.96. The number of hydrogen-bond donors (Lipinski definition) is 0. The molecule has 112 valence electrons. The van der Waals surface area contributed by atoms with Gasteiger partial charge in [-0.1, -0.05) is 12.2 Å². The zero-order chi connectivity index (χ0) is 15.0. The standard InChI is InChI=1S/C16H19NS4/c1-9-4-5-10(19-9)11(6-16(2,3)8-17)20-15(18)14-13-12-7-21(12,13)14/h4-5,11-14H,6-7H2,1-3H3. The Labute approximate surface area is 141 Å². The Morgan fingerprint density at radius 2 is 2.33 bits per heavy atom. The molecule has 21 heavy (non-hydrogen) atoms. The first kappa shape index (κ1) is 14.6. The van der Waals surface area contributed by atoms with Crippen LogP contribution in [-0.4, -0.2) is 25.7 Å². The summed E-state index contributed by atoms with van der Waals surface area (Å²) >= 11 is 9.51. The molecular weight excluding hydrogens is 334 g/mol. The highest BCUT2D eigenvalue weighted by Gasteiger charge is 2.94. The van der Waals surface area contributed by atoms with Crippen LogP contribution in [0.15, 0.2) is 12.1 Å². The van der Waals surface area contributed by atoms with E-state index >= 15 is 0 Å². The number of thioether (sulfide) groups is 1. The monoisotopic (exact) mass is 353 g/mol. The van der Waals surface area contributed by atoms with Crippen LogP contribution in [0.1, 0.15) is 35.3 Å². The third kappa shape index (κ3) is 2.22. The fourth-order valence-electron chi connectivity index (χ4n) is 3.42. The Morgan fingerprint density at radius 3 is 2.81 bits per heavy atom. The SMILES string of the molecule is Cc1ccc(C(CC(C)(C)C#N)SC(=S)C2C3C4CS423)s1. The lowest BCUT2D eigenvalue weighted by molar-refractivity contribution is 0.450. The maximum Gasteiger partial charge on any atom is 0.0684 e. The van der Waals surface area contributed by atoms with Crippen LogP contribution < -0.4 is 0 Å². The third-order valence-corrected chi connectivity index (χ3v) is 12.8. The lowest BCUT2D eigenvalue weighted by atomic mass is 9.89. The molecule has 5 atom stereocenters. The molecule has 1 aromatic rings. The molecule has 1 spiro atoms. The number of nitriles is 1. The number of hydrogen-bond acceptors (Lipinski definition) is 4. The molecule has 4 heterocycles. The highest BCUT2D eigenvalue weighted by molar-refractivity contribution is 8.56. The molecule has 3 aliphatic rings. The molecule has 0 amide bonds. The highest BCUT2D eigenvalue weighted by atomic mass is 32.3. The van der Waals surface area contributed by atoms with Crippen molar-refractivity contribution >= 4 is 49.5 Å². The molecule has 5 heteroatoms. The second-order valence-corrected chi connectivity index (χ2v) is 14.1. The molecule has 0 saturated carbocycles. The quantitative estimate of drug-likeness (QED) is 0.547. The second-order valence-electron chi connectivity index (χ2n) is 7.07. The average molecular weight is 354 g/mol. The van der Waals surface area contributed by atoms with Gasteiger partial charge in [0.15, 0.2) is 0 Å². The van der Waals surface area contributed by atoms with Crippen molar-refractivity contribution in [2.75, 3.05) is 5.75 Å². The molecule has 0 N–H and O–H groups in total. The normalized spacial score (nSPS) is 39.2. The van der Waals surface area contributed by atoms with E-state index in [1.165, 1.54) is 19.7 Å². The van der Waals surface area contributed by atoms with Gasteiger partial charge in [-0.3, -0.25) is 0 Å². The number of fused-ring (bicyclic) bond motifs is 1. The summed E-state index contributed by atoms with van der Waals surface area (Å²) in [5, 5.41) is 12.7. The molecule has 0 aliphatic carbocycles. The summed E-state index contributed by atoms with van der Waals surface area (Å²) in [6.45, 7) is 6.23. The molecule has 3 aliphatic heterocycles. The summed E-state index contributed by atoms with van der Waals surface area (Å²) < 4.78 is 1.26. The van der Waals surface area contributed by atoms with Gasteiger partial charge in [0.2, 0.25) is 0 Å². The van der Waals surface area contributed by atoms with E-state index in [0.29, 0.717) is 5.25 Å². The van der Waals surface area contributed by atoms with Crippen molar-refractivity contribution in [1.29, 1.82) is 5.26 Å². The predicted molar refractivity (Wildman–Crippen MR) is 99.8 cm³/mol. The topological polar surface area (TPSA) is 23.8 Å². The molecule has 4 rings (SSSR count). The number of thiophene rings is 1. The molecule has 0 aromatic carbocycles. The van der Waals surface area contributed by atoms with Crippen molar-refractivity contribution < 1.29 is 0 Å². The Kier molecular flexibility index (Phi) is 3.12. The number of thiocarbonyl (C=S) groups is 1. The van der Waals surface area contributed by atoms with Gasteiger partial charge >= 0.3 is 0 Å². The maximum absolute atomic E-state index is 9.36. The largest absolute Gasteiger partial charge is 0.221 e. The minimum atomic E-state index is -0.287.